The highest BCUT2D eigenvalue weighted by Gasteiger charge is 2.19. The number of aromatic nitrogens is 4. The Morgan fingerprint density at radius 1 is 1.37 bits per heavy atom. The highest BCUT2D eigenvalue weighted by Crippen LogP contribution is 2.28. The highest BCUT2D eigenvalue weighted by molar-refractivity contribution is 5.80. The van der Waals surface area contributed by atoms with Gasteiger partial charge in [-0.1, -0.05) is 6.92 Å². The van der Waals surface area contributed by atoms with E-state index in [4.69, 9.17) is 4.74 Å². The lowest BCUT2D eigenvalue weighted by molar-refractivity contribution is 0.204. The van der Waals surface area contributed by atoms with E-state index in [-0.39, 0.29) is 6.10 Å². The first kappa shape index (κ1) is 12.2. The van der Waals surface area contributed by atoms with Crippen LogP contribution in [-0.4, -0.2) is 32.8 Å². The number of aromatic amines is 1. The molecule has 0 aliphatic heterocycles. The van der Waals surface area contributed by atoms with E-state index >= 15 is 0 Å². The molecule has 2 aromatic rings. The van der Waals surface area contributed by atoms with E-state index in [2.05, 4.69) is 32.4 Å². The summed E-state index contributed by atoms with van der Waals surface area (Å²) in [6.45, 7) is 2.96. The van der Waals surface area contributed by atoms with Crippen LogP contribution in [-0.2, 0) is 0 Å². The van der Waals surface area contributed by atoms with Gasteiger partial charge in [0.15, 0.2) is 5.65 Å². The van der Waals surface area contributed by atoms with Crippen molar-refractivity contribution in [2.24, 2.45) is 0 Å². The molecule has 102 valence electrons. The molecule has 2 N–H and O–H groups in total. The summed E-state index contributed by atoms with van der Waals surface area (Å²) in [6, 6.07) is 0. The molecule has 1 aliphatic rings. The van der Waals surface area contributed by atoms with Crippen molar-refractivity contribution in [2.45, 2.75) is 45.1 Å². The third kappa shape index (κ3) is 2.62. The minimum Gasteiger partial charge on any atom is -0.474 e. The molecule has 2 heterocycles. The van der Waals surface area contributed by atoms with Gasteiger partial charge in [0.2, 0.25) is 11.8 Å². The third-order valence-electron chi connectivity index (χ3n) is 3.39. The van der Waals surface area contributed by atoms with Gasteiger partial charge in [-0.25, -0.2) is 0 Å². The summed E-state index contributed by atoms with van der Waals surface area (Å²) in [5.41, 5.74) is 0.724. The van der Waals surface area contributed by atoms with E-state index in [0.717, 1.165) is 36.8 Å². The van der Waals surface area contributed by atoms with Crippen molar-refractivity contribution in [3.05, 3.63) is 6.20 Å². The lowest BCUT2D eigenvalue weighted by Crippen LogP contribution is -2.13. The normalized spacial score (nSPS) is 16.1. The molecule has 1 saturated carbocycles. The number of rotatable bonds is 5. The van der Waals surface area contributed by atoms with Crippen LogP contribution >= 0.6 is 0 Å². The number of fused-ring (bicyclic) bond motifs is 1. The van der Waals surface area contributed by atoms with E-state index in [0.29, 0.717) is 11.8 Å². The molecule has 0 amide bonds. The van der Waals surface area contributed by atoms with E-state index in [9.17, 15) is 0 Å². The van der Waals surface area contributed by atoms with Gasteiger partial charge in [-0.15, -0.1) is 0 Å². The fourth-order valence-corrected chi connectivity index (χ4v) is 2.38. The summed E-state index contributed by atoms with van der Waals surface area (Å²) in [7, 11) is 0. The van der Waals surface area contributed by atoms with Crippen molar-refractivity contribution in [1.29, 1.82) is 0 Å². The molecule has 0 radical (unpaired) electrons. The largest absolute Gasteiger partial charge is 0.474 e. The van der Waals surface area contributed by atoms with Gasteiger partial charge in [-0.3, -0.25) is 5.10 Å². The molecule has 0 spiro atoms. The second-order valence-electron chi connectivity index (χ2n) is 4.94. The summed E-state index contributed by atoms with van der Waals surface area (Å²) in [5, 5.41) is 11.0. The predicted molar refractivity (Wildman–Crippen MR) is 73.3 cm³/mol. The lowest BCUT2D eigenvalue weighted by Gasteiger charge is -2.13. The Balaban J connectivity index is 1.88. The minimum atomic E-state index is 0.284. The van der Waals surface area contributed by atoms with Gasteiger partial charge in [0, 0.05) is 6.54 Å². The number of ether oxygens (including phenoxy) is 1. The zero-order valence-corrected chi connectivity index (χ0v) is 11.1. The SMILES string of the molecule is CCCNc1nc(OC2CCCC2)c2cn[nH]c2n1. The molecule has 3 rings (SSSR count). The maximum absolute atomic E-state index is 6.02. The van der Waals surface area contributed by atoms with Crippen LogP contribution in [0.2, 0.25) is 0 Å². The van der Waals surface area contributed by atoms with Crippen LogP contribution < -0.4 is 10.1 Å². The molecule has 0 unspecified atom stereocenters. The van der Waals surface area contributed by atoms with Crippen LogP contribution in [0.25, 0.3) is 11.0 Å². The zero-order chi connectivity index (χ0) is 13.1. The average Bonchev–Trinajstić information content (AvgIpc) is 3.06. The second-order valence-corrected chi connectivity index (χ2v) is 4.94. The lowest BCUT2D eigenvalue weighted by atomic mass is 10.3. The Bertz CT molecular complexity index is 547. The fourth-order valence-electron chi connectivity index (χ4n) is 2.38. The molecule has 1 fully saturated rings. The first-order valence-electron chi connectivity index (χ1n) is 6.98. The molecule has 0 saturated heterocycles. The van der Waals surface area contributed by atoms with Crippen molar-refractivity contribution in [3.63, 3.8) is 0 Å². The van der Waals surface area contributed by atoms with Crippen LogP contribution in [0.4, 0.5) is 5.95 Å². The number of hydrogen-bond donors (Lipinski definition) is 2. The summed E-state index contributed by atoms with van der Waals surface area (Å²) < 4.78 is 6.02. The monoisotopic (exact) mass is 261 g/mol. The minimum absolute atomic E-state index is 0.284. The van der Waals surface area contributed by atoms with Crippen molar-refractivity contribution >= 4 is 17.0 Å². The van der Waals surface area contributed by atoms with Crippen molar-refractivity contribution in [2.75, 3.05) is 11.9 Å². The predicted octanol–water partition coefficient (Wildman–Crippen LogP) is 2.50. The van der Waals surface area contributed by atoms with Crippen molar-refractivity contribution < 1.29 is 4.74 Å². The van der Waals surface area contributed by atoms with Gasteiger partial charge in [0.1, 0.15) is 11.5 Å². The second kappa shape index (κ2) is 5.42. The molecule has 6 heteroatoms. The van der Waals surface area contributed by atoms with Crippen LogP contribution in [0.1, 0.15) is 39.0 Å². The van der Waals surface area contributed by atoms with E-state index in [1.165, 1.54) is 12.8 Å². The molecule has 2 aromatic heterocycles. The molecule has 19 heavy (non-hydrogen) atoms. The van der Waals surface area contributed by atoms with Crippen molar-refractivity contribution in [1.82, 2.24) is 20.2 Å². The molecule has 6 nitrogen and oxygen atoms in total. The quantitative estimate of drug-likeness (QED) is 0.864. The highest BCUT2D eigenvalue weighted by atomic mass is 16.5. The van der Waals surface area contributed by atoms with E-state index in [1.54, 1.807) is 6.20 Å². The Labute approximate surface area is 112 Å². The van der Waals surface area contributed by atoms with Gasteiger partial charge in [0.05, 0.1) is 6.20 Å². The Morgan fingerprint density at radius 2 is 2.21 bits per heavy atom. The van der Waals surface area contributed by atoms with Gasteiger partial charge in [0.25, 0.3) is 0 Å². The molecule has 1 aliphatic carbocycles. The number of nitrogens with zero attached hydrogens (tertiary/aromatic N) is 3. The van der Waals surface area contributed by atoms with Gasteiger partial charge in [-0.2, -0.15) is 15.1 Å². The molecular formula is C13H19N5O. The van der Waals surface area contributed by atoms with E-state index < -0.39 is 0 Å². The zero-order valence-electron chi connectivity index (χ0n) is 11.1. The summed E-state index contributed by atoms with van der Waals surface area (Å²) in [6.07, 6.45) is 7.75. The molecule has 0 aromatic carbocycles. The first-order valence-corrected chi connectivity index (χ1v) is 6.98. The number of nitrogens with one attached hydrogen (secondary N) is 2. The van der Waals surface area contributed by atoms with Crippen LogP contribution in [0.3, 0.4) is 0 Å². The van der Waals surface area contributed by atoms with Gasteiger partial charge < -0.3 is 10.1 Å². The van der Waals surface area contributed by atoms with Crippen LogP contribution in [0, 0.1) is 0 Å². The van der Waals surface area contributed by atoms with Gasteiger partial charge in [-0.05, 0) is 32.1 Å². The Kier molecular flexibility index (Phi) is 3.48. The standard InChI is InChI=1S/C13H19N5O/c1-2-7-14-13-16-11-10(8-15-18-11)12(17-13)19-9-5-3-4-6-9/h8-9H,2-7H2,1H3,(H2,14,15,16,17,18). The smallest absolute Gasteiger partial charge is 0.229 e. The number of H-pyrrole nitrogens is 1. The summed E-state index contributed by atoms with van der Waals surface area (Å²) in [4.78, 5) is 8.86. The van der Waals surface area contributed by atoms with E-state index in [1.807, 2.05) is 0 Å². The maximum Gasteiger partial charge on any atom is 0.229 e. The Hall–Kier alpha value is -1.85. The Morgan fingerprint density at radius 3 is 3.00 bits per heavy atom. The molecule has 0 bridgehead atoms. The topological polar surface area (TPSA) is 75.7 Å². The number of hydrogen-bond acceptors (Lipinski definition) is 5. The van der Waals surface area contributed by atoms with Gasteiger partial charge >= 0.3 is 0 Å². The fraction of sp³-hybridized carbons (Fsp3) is 0.615. The van der Waals surface area contributed by atoms with Crippen molar-refractivity contribution in [3.8, 4) is 5.88 Å². The third-order valence-corrected chi connectivity index (χ3v) is 3.39. The summed E-state index contributed by atoms with van der Waals surface area (Å²) >= 11 is 0. The number of anilines is 1. The first-order chi connectivity index (χ1) is 9.36. The van der Waals surface area contributed by atoms with Crippen LogP contribution in [0.5, 0.6) is 5.88 Å². The average molecular weight is 261 g/mol. The molecule has 0 atom stereocenters. The maximum atomic E-state index is 6.02. The van der Waals surface area contributed by atoms with Crippen LogP contribution in [0.15, 0.2) is 6.20 Å². The molecular weight excluding hydrogens is 242 g/mol. The summed E-state index contributed by atoms with van der Waals surface area (Å²) in [5.74, 6) is 1.25.